The molecule has 2 aromatic carbocycles. The molecule has 0 unspecified atom stereocenters. The lowest BCUT2D eigenvalue weighted by molar-refractivity contribution is -0.0461. The molecular formula is C16H18O2. The van der Waals surface area contributed by atoms with E-state index in [-0.39, 0.29) is 0 Å². The van der Waals surface area contributed by atoms with Crippen molar-refractivity contribution in [1.29, 1.82) is 0 Å². The van der Waals surface area contributed by atoms with E-state index in [0.717, 1.165) is 12.8 Å². The first-order chi connectivity index (χ1) is 8.75. The van der Waals surface area contributed by atoms with Gasteiger partial charge in [0.2, 0.25) is 0 Å². The van der Waals surface area contributed by atoms with Crippen molar-refractivity contribution in [2.45, 2.75) is 25.6 Å². The molecule has 0 aromatic heterocycles. The molecule has 0 spiro atoms. The zero-order valence-corrected chi connectivity index (χ0v) is 10.3. The van der Waals surface area contributed by atoms with Crippen LogP contribution in [0.1, 0.15) is 18.4 Å². The summed E-state index contributed by atoms with van der Waals surface area (Å²) in [5.41, 5.74) is 3.66. The van der Waals surface area contributed by atoms with Gasteiger partial charge >= 0.3 is 0 Å². The molecule has 2 rings (SSSR count). The van der Waals surface area contributed by atoms with Crippen molar-refractivity contribution < 1.29 is 10.2 Å². The van der Waals surface area contributed by atoms with Gasteiger partial charge in [-0.2, -0.15) is 0 Å². The molecule has 0 bridgehead atoms. The molecular weight excluding hydrogens is 224 g/mol. The van der Waals surface area contributed by atoms with Gasteiger partial charge in [0.25, 0.3) is 0 Å². The Balaban J connectivity index is 1.98. The Hall–Kier alpha value is -1.64. The van der Waals surface area contributed by atoms with Gasteiger partial charge in [0.15, 0.2) is 6.29 Å². The normalized spacial score (nSPS) is 10.8. The number of aryl methyl sites for hydroxylation is 1. The van der Waals surface area contributed by atoms with Crippen molar-refractivity contribution in [2.75, 3.05) is 0 Å². The third-order valence-electron chi connectivity index (χ3n) is 2.99. The van der Waals surface area contributed by atoms with E-state index in [1.54, 1.807) is 0 Å². The van der Waals surface area contributed by atoms with E-state index < -0.39 is 6.29 Å². The van der Waals surface area contributed by atoms with E-state index >= 15 is 0 Å². The van der Waals surface area contributed by atoms with Crippen LogP contribution < -0.4 is 0 Å². The lowest BCUT2D eigenvalue weighted by Gasteiger charge is -2.05. The molecule has 2 N–H and O–H groups in total. The maximum atomic E-state index is 8.78. The molecule has 0 saturated carbocycles. The predicted molar refractivity (Wildman–Crippen MR) is 73.0 cm³/mol. The minimum Gasteiger partial charge on any atom is -0.368 e. The van der Waals surface area contributed by atoms with Gasteiger partial charge in [-0.05, 0) is 36.0 Å². The van der Waals surface area contributed by atoms with Crippen molar-refractivity contribution in [3.63, 3.8) is 0 Å². The summed E-state index contributed by atoms with van der Waals surface area (Å²) < 4.78 is 0. The van der Waals surface area contributed by atoms with Crippen molar-refractivity contribution >= 4 is 0 Å². The number of aliphatic hydroxyl groups excluding tert-OH is 1. The predicted octanol–water partition coefficient (Wildman–Crippen LogP) is 2.99. The van der Waals surface area contributed by atoms with E-state index in [0.29, 0.717) is 6.42 Å². The van der Waals surface area contributed by atoms with Crippen LogP contribution in [0.4, 0.5) is 0 Å². The van der Waals surface area contributed by atoms with Crippen LogP contribution in [-0.2, 0) is 6.42 Å². The van der Waals surface area contributed by atoms with Crippen LogP contribution >= 0.6 is 0 Å². The molecule has 0 fully saturated rings. The third kappa shape index (κ3) is 3.69. The van der Waals surface area contributed by atoms with E-state index in [1.807, 2.05) is 18.2 Å². The standard InChI is InChI=1S/C16H18O2/c17-16(18)8-4-5-13-9-11-15(12-10-13)14-6-2-1-3-7-14/h1-3,6-7,9-12,16-18H,4-5,8H2. The fourth-order valence-corrected chi connectivity index (χ4v) is 1.98. The van der Waals surface area contributed by atoms with Gasteiger partial charge < -0.3 is 10.2 Å². The van der Waals surface area contributed by atoms with Gasteiger partial charge in [-0.15, -0.1) is 0 Å². The van der Waals surface area contributed by atoms with Crippen LogP contribution in [0.25, 0.3) is 11.1 Å². The Kier molecular flexibility index (Phi) is 4.51. The molecule has 2 nitrogen and oxygen atoms in total. The molecule has 0 aliphatic heterocycles. The highest BCUT2D eigenvalue weighted by Gasteiger charge is 2.00. The van der Waals surface area contributed by atoms with Gasteiger partial charge in [-0.3, -0.25) is 0 Å². The van der Waals surface area contributed by atoms with Gasteiger partial charge in [-0.25, -0.2) is 0 Å². The monoisotopic (exact) mass is 242 g/mol. The molecule has 0 atom stereocenters. The summed E-state index contributed by atoms with van der Waals surface area (Å²) in [6.45, 7) is 0. The molecule has 0 radical (unpaired) electrons. The maximum absolute atomic E-state index is 8.78. The molecule has 2 heteroatoms. The van der Waals surface area contributed by atoms with Crippen molar-refractivity contribution in [1.82, 2.24) is 0 Å². The smallest absolute Gasteiger partial charge is 0.151 e. The highest BCUT2D eigenvalue weighted by atomic mass is 16.5. The van der Waals surface area contributed by atoms with Gasteiger partial charge in [0.05, 0.1) is 0 Å². The first kappa shape index (κ1) is 12.8. The van der Waals surface area contributed by atoms with E-state index in [9.17, 15) is 0 Å². The topological polar surface area (TPSA) is 40.5 Å². The van der Waals surface area contributed by atoms with Crippen LogP contribution in [0.3, 0.4) is 0 Å². The molecule has 0 saturated heterocycles. The average molecular weight is 242 g/mol. The lowest BCUT2D eigenvalue weighted by atomic mass is 10.0. The minimum absolute atomic E-state index is 0.431. The second kappa shape index (κ2) is 6.34. The maximum Gasteiger partial charge on any atom is 0.151 e. The van der Waals surface area contributed by atoms with Crippen molar-refractivity contribution in [3.05, 3.63) is 60.2 Å². The number of hydrogen-bond acceptors (Lipinski definition) is 2. The van der Waals surface area contributed by atoms with Crippen molar-refractivity contribution in [2.24, 2.45) is 0 Å². The average Bonchev–Trinajstić information content (AvgIpc) is 2.40. The van der Waals surface area contributed by atoms with E-state index in [2.05, 4.69) is 36.4 Å². The summed E-state index contributed by atoms with van der Waals surface area (Å²) in [4.78, 5) is 0. The summed E-state index contributed by atoms with van der Waals surface area (Å²) in [5.74, 6) is 0. The summed E-state index contributed by atoms with van der Waals surface area (Å²) in [6.07, 6.45) is 0.920. The molecule has 0 amide bonds. The Morgan fingerprint density at radius 2 is 1.39 bits per heavy atom. The fraction of sp³-hybridized carbons (Fsp3) is 0.250. The Morgan fingerprint density at radius 3 is 2.00 bits per heavy atom. The molecule has 94 valence electrons. The molecule has 0 aliphatic carbocycles. The van der Waals surface area contributed by atoms with Crippen LogP contribution in [0, 0.1) is 0 Å². The van der Waals surface area contributed by atoms with Gasteiger partial charge in [-0.1, -0.05) is 54.6 Å². The number of rotatable bonds is 5. The SMILES string of the molecule is OC(O)CCCc1ccc(-c2ccccc2)cc1. The van der Waals surface area contributed by atoms with Gasteiger partial charge in [0.1, 0.15) is 0 Å². The largest absolute Gasteiger partial charge is 0.368 e. The minimum atomic E-state index is -1.19. The quantitative estimate of drug-likeness (QED) is 0.791. The Bertz CT molecular complexity index is 460. The Morgan fingerprint density at radius 1 is 0.778 bits per heavy atom. The second-order valence-corrected chi connectivity index (χ2v) is 4.44. The summed E-state index contributed by atoms with van der Waals surface area (Å²) in [7, 11) is 0. The van der Waals surface area contributed by atoms with Crippen LogP contribution in [0.15, 0.2) is 54.6 Å². The van der Waals surface area contributed by atoms with Crippen LogP contribution in [-0.4, -0.2) is 16.5 Å². The van der Waals surface area contributed by atoms with Crippen molar-refractivity contribution in [3.8, 4) is 11.1 Å². The summed E-state index contributed by atoms with van der Waals surface area (Å²) >= 11 is 0. The number of aliphatic hydroxyl groups is 2. The lowest BCUT2D eigenvalue weighted by Crippen LogP contribution is -2.03. The first-order valence-electron chi connectivity index (χ1n) is 6.26. The van der Waals surface area contributed by atoms with Crippen LogP contribution in [0.5, 0.6) is 0 Å². The number of hydrogen-bond donors (Lipinski definition) is 2. The summed E-state index contributed by atoms with van der Waals surface area (Å²) in [5, 5.41) is 17.6. The van der Waals surface area contributed by atoms with E-state index in [4.69, 9.17) is 10.2 Å². The Labute approximate surface area is 108 Å². The number of benzene rings is 2. The summed E-state index contributed by atoms with van der Waals surface area (Å²) in [6, 6.07) is 18.7. The zero-order chi connectivity index (χ0) is 12.8. The van der Waals surface area contributed by atoms with Gasteiger partial charge in [0, 0.05) is 0 Å². The fourth-order valence-electron chi connectivity index (χ4n) is 1.98. The zero-order valence-electron chi connectivity index (χ0n) is 10.3. The molecule has 2 aromatic rings. The highest BCUT2D eigenvalue weighted by molar-refractivity contribution is 5.63. The molecule has 0 aliphatic rings. The highest BCUT2D eigenvalue weighted by Crippen LogP contribution is 2.19. The third-order valence-corrected chi connectivity index (χ3v) is 2.99. The second-order valence-electron chi connectivity index (χ2n) is 4.44. The first-order valence-corrected chi connectivity index (χ1v) is 6.26. The van der Waals surface area contributed by atoms with E-state index in [1.165, 1.54) is 16.7 Å². The van der Waals surface area contributed by atoms with Crippen LogP contribution in [0.2, 0.25) is 0 Å². The molecule has 0 heterocycles. The molecule has 18 heavy (non-hydrogen) atoms.